The Hall–Kier alpha value is -4.08. The average molecular weight is 1030 g/mol. The summed E-state index contributed by atoms with van der Waals surface area (Å²) in [4.78, 5) is 113. The van der Waals surface area contributed by atoms with Crippen molar-refractivity contribution in [2.24, 2.45) is 29.6 Å². The van der Waals surface area contributed by atoms with Gasteiger partial charge in [-0.15, -0.1) is 0 Å². The van der Waals surface area contributed by atoms with Gasteiger partial charge in [0.2, 0.25) is 17.7 Å². The lowest BCUT2D eigenvalue weighted by atomic mass is 9.83. The second kappa shape index (κ2) is 27.5. The smallest absolute Gasteiger partial charge is 0.331 e. The number of methoxy groups -OCH3 is 2. The Bertz CT molecular complexity index is 2080. The highest BCUT2D eigenvalue weighted by Gasteiger charge is 2.52. The first-order chi connectivity index (χ1) is 34.3. The third-order valence-electron chi connectivity index (χ3n) is 16.3. The number of amides is 5. The predicted octanol–water partition coefficient (Wildman–Crippen LogP) is 7.58. The summed E-state index contributed by atoms with van der Waals surface area (Å²) < 4.78 is 31.4. The molecule has 4 aliphatic rings. The number of rotatable bonds is 31. The quantitative estimate of drug-likeness (QED) is 0.0436. The van der Waals surface area contributed by atoms with Crippen LogP contribution in [0.2, 0.25) is 0 Å². The van der Waals surface area contributed by atoms with Gasteiger partial charge in [-0.25, -0.2) is 0 Å². The van der Waals surface area contributed by atoms with E-state index in [1.165, 1.54) is 24.2 Å². The number of benzene rings is 1. The number of carbonyl (C=O) groups is 7. The molecule has 16 nitrogen and oxygen atoms in total. The summed E-state index contributed by atoms with van der Waals surface area (Å²) in [7, 11) is 0.597. The van der Waals surface area contributed by atoms with Gasteiger partial charge in [0.15, 0.2) is 5.78 Å². The Labute approximate surface area is 428 Å². The van der Waals surface area contributed by atoms with Crippen molar-refractivity contribution in [1.82, 2.24) is 19.6 Å². The number of likely N-dealkylation sites (tertiary alicyclic amines) is 2. The maximum atomic E-state index is 14.8. The molecule has 0 radical (unpaired) electrons. The van der Waals surface area contributed by atoms with Crippen LogP contribution in [-0.4, -0.2) is 149 Å². The van der Waals surface area contributed by atoms with E-state index < -0.39 is 55.4 Å². The first-order valence-corrected chi connectivity index (χ1v) is 28.5. The minimum atomic E-state index is -4.20. The topological polar surface area (TPSA) is 197 Å². The van der Waals surface area contributed by atoms with Crippen molar-refractivity contribution in [3.63, 3.8) is 0 Å². The molecule has 0 aromatic heterocycles. The van der Waals surface area contributed by atoms with Gasteiger partial charge in [0.1, 0.15) is 5.78 Å². The lowest BCUT2D eigenvalue weighted by molar-refractivity contribution is -0.150. The Morgan fingerprint density at radius 1 is 0.861 bits per heavy atom. The first kappa shape index (κ1) is 58.8. The van der Waals surface area contributed by atoms with E-state index in [1.54, 1.807) is 35.8 Å². The number of imide groups is 1. The summed E-state index contributed by atoms with van der Waals surface area (Å²) >= 11 is 0. The van der Waals surface area contributed by atoms with Crippen molar-refractivity contribution >= 4 is 48.7 Å². The van der Waals surface area contributed by atoms with Gasteiger partial charge in [-0.2, -0.15) is 0 Å². The molecule has 5 amide bonds. The molecule has 3 heterocycles. The number of unbranched alkanes of at least 4 members (excludes halogenated alkanes) is 3. The van der Waals surface area contributed by atoms with E-state index in [4.69, 9.17) is 14.0 Å². The van der Waals surface area contributed by atoms with Gasteiger partial charge in [0.05, 0.1) is 49.0 Å². The fraction of sp³-hybridized carbons (Fsp3) is 0.727. The van der Waals surface area contributed by atoms with Crippen LogP contribution >= 0.6 is 7.60 Å². The zero-order valence-corrected chi connectivity index (χ0v) is 45.5. The molecule has 1 unspecified atom stereocenters. The van der Waals surface area contributed by atoms with E-state index in [-0.39, 0.29) is 104 Å². The van der Waals surface area contributed by atoms with Crippen LogP contribution in [0.5, 0.6) is 0 Å². The minimum absolute atomic E-state index is 0.00911. The fourth-order valence-corrected chi connectivity index (χ4v) is 13.3. The van der Waals surface area contributed by atoms with E-state index in [0.717, 1.165) is 31.2 Å². The summed E-state index contributed by atoms with van der Waals surface area (Å²) in [6, 6.07) is 7.72. The maximum absolute atomic E-state index is 14.8. The van der Waals surface area contributed by atoms with Gasteiger partial charge in [0, 0.05) is 83.6 Å². The summed E-state index contributed by atoms with van der Waals surface area (Å²) in [5.74, 6) is -3.13. The second-order valence-corrected chi connectivity index (χ2v) is 23.4. The molecule has 5 rings (SSSR count). The Morgan fingerprint density at radius 3 is 2.18 bits per heavy atom. The van der Waals surface area contributed by atoms with Crippen molar-refractivity contribution < 1.29 is 57.0 Å². The molecule has 12 atom stereocenters. The molecular weight excluding hydrogens is 940 g/mol. The number of hydrogen-bond donors (Lipinski definition) is 1. The predicted molar refractivity (Wildman–Crippen MR) is 274 cm³/mol. The van der Waals surface area contributed by atoms with Gasteiger partial charge >= 0.3 is 7.60 Å². The number of carbonyl (C=O) groups excluding carboxylic acids is 7. The van der Waals surface area contributed by atoms with Crippen LogP contribution in [0.3, 0.4) is 0 Å². The maximum Gasteiger partial charge on any atom is 0.331 e. The van der Waals surface area contributed by atoms with Crippen molar-refractivity contribution in [3.05, 3.63) is 48.0 Å². The van der Waals surface area contributed by atoms with E-state index in [9.17, 15) is 43.0 Å². The van der Waals surface area contributed by atoms with Gasteiger partial charge in [-0.05, 0) is 81.1 Å². The Morgan fingerprint density at radius 2 is 1.56 bits per heavy atom. The van der Waals surface area contributed by atoms with Crippen LogP contribution < -0.4 is 0 Å². The molecule has 1 aliphatic carbocycles. The van der Waals surface area contributed by atoms with Crippen LogP contribution in [0.25, 0.3) is 0 Å². The monoisotopic (exact) mass is 1020 g/mol. The van der Waals surface area contributed by atoms with Crippen LogP contribution in [-0.2, 0) is 58.5 Å². The highest BCUT2D eigenvalue weighted by molar-refractivity contribution is 7.53. The molecule has 0 spiro atoms. The summed E-state index contributed by atoms with van der Waals surface area (Å²) in [5.41, 5.74) is -0.143. The van der Waals surface area contributed by atoms with Gasteiger partial charge in [0.25, 0.3) is 11.8 Å². The zero-order valence-electron chi connectivity index (χ0n) is 44.6. The average Bonchev–Trinajstić information content (AvgIpc) is 4.18. The van der Waals surface area contributed by atoms with Crippen LogP contribution in [0, 0.1) is 29.6 Å². The first-order valence-electron chi connectivity index (χ1n) is 26.8. The molecule has 402 valence electrons. The molecule has 3 fully saturated rings. The van der Waals surface area contributed by atoms with E-state index >= 15 is 0 Å². The lowest BCUT2D eigenvalue weighted by Gasteiger charge is -2.41. The molecule has 1 aromatic rings. The summed E-state index contributed by atoms with van der Waals surface area (Å²) in [6.07, 6.45) is 8.96. The molecule has 72 heavy (non-hydrogen) atoms. The van der Waals surface area contributed by atoms with Crippen LogP contribution in [0.1, 0.15) is 143 Å². The van der Waals surface area contributed by atoms with E-state index in [0.29, 0.717) is 58.0 Å². The fourth-order valence-electron chi connectivity index (χ4n) is 11.9. The normalized spacial score (nSPS) is 23.5. The number of hydrogen-bond acceptors (Lipinski definition) is 11. The number of nitrogens with zero attached hydrogens (tertiary/aromatic N) is 4. The standard InChI is InChI=1S/C55H85N4O12P/c1-10-12-30-71-72(67,68)42(31-39-20-15-13-16-21-39)33-45(60)38(6)54(70-9)44-22-19-29-57(44)51(65)35-47(69-8)52(37(5)11-2)56(7)55(66)43(36(3)4)34-46(61)53-40-24-25-41(32-40)59(53)50(64)23-17-14-18-28-58-48(62)26-27-49(58)63/h13,15-16,20-21,26-27,36-38,40-44,47,52-54H,10-12,14,17-19,22-25,28-35H2,1-9H3,(H,67,68)/t37-,38-,40-,41+,42+,43-,44-,47+,52-,53-,54+/m0/s1. The molecule has 2 bridgehead atoms. The third-order valence-corrected chi connectivity index (χ3v) is 18.1. The number of ketones is 2. The van der Waals surface area contributed by atoms with Gasteiger partial charge in [-0.1, -0.05) is 91.1 Å². The molecule has 1 N–H and O–H groups in total. The number of fused-ring (bicyclic) bond motifs is 2. The Kier molecular flexibility index (Phi) is 22.4. The molecule has 3 aliphatic heterocycles. The van der Waals surface area contributed by atoms with Crippen molar-refractivity contribution in [2.75, 3.05) is 41.0 Å². The molecule has 2 saturated heterocycles. The number of piperidine rings is 1. The van der Waals surface area contributed by atoms with Crippen molar-refractivity contribution in [3.8, 4) is 0 Å². The van der Waals surface area contributed by atoms with E-state index in [1.807, 2.05) is 65.0 Å². The highest BCUT2D eigenvalue weighted by Crippen LogP contribution is 2.51. The molecule has 17 heteroatoms. The SMILES string of the molecule is CCCCOP(=O)(O)[C@@H](CC(=O)[C@H](C)[C@@H](OC)[C@@H]1CCCN1C(=O)C[C@@H](OC)[C@H]([C@@H](C)CC)N(C)C(=O)[C@@H](CC(=O)[C@@H]1[C@H]2CC[C@H](C2)N1C(=O)CCCCCN1C(=O)C=CC1=O)C(C)C)Cc1ccccc1. The summed E-state index contributed by atoms with van der Waals surface area (Å²) in [6.45, 7) is 12.5. The van der Waals surface area contributed by atoms with Crippen molar-refractivity contribution in [2.45, 2.75) is 186 Å². The van der Waals surface area contributed by atoms with Gasteiger partial charge < -0.3 is 33.6 Å². The lowest BCUT2D eigenvalue weighted by Crippen LogP contribution is -2.54. The minimum Gasteiger partial charge on any atom is -0.379 e. The number of Topliss-reactive ketones (excluding diaryl/α,β-unsaturated/α-hetero) is 2. The van der Waals surface area contributed by atoms with E-state index in [2.05, 4.69) is 0 Å². The largest absolute Gasteiger partial charge is 0.379 e. The number of ether oxygens (including phenoxy) is 2. The number of likely N-dealkylation sites (N-methyl/N-ethyl adjacent to an activating group) is 1. The zero-order chi connectivity index (χ0) is 52.9. The highest BCUT2D eigenvalue weighted by atomic mass is 31.2. The van der Waals surface area contributed by atoms with Crippen LogP contribution in [0.4, 0.5) is 0 Å². The third kappa shape index (κ3) is 14.6. The second-order valence-electron chi connectivity index (χ2n) is 21.3. The van der Waals surface area contributed by atoms with Crippen molar-refractivity contribution in [1.29, 1.82) is 0 Å². The van der Waals surface area contributed by atoms with Crippen LogP contribution in [0.15, 0.2) is 42.5 Å². The van der Waals surface area contributed by atoms with Gasteiger partial charge in [-0.3, -0.25) is 43.0 Å². The molecule has 1 saturated carbocycles. The molecule has 1 aromatic carbocycles. The summed E-state index contributed by atoms with van der Waals surface area (Å²) in [5, 5.41) is 0. The molecular formula is C55H85N4O12P. The Balaban J connectivity index is 1.24.